The van der Waals surface area contributed by atoms with Crippen molar-refractivity contribution in [2.75, 3.05) is 6.61 Å². The monoisotopic (exact) mass is 130 g/mol. The second kappa shape index (κ2) is 2.22. The second-order valence-electron chi connectivity index (χ2n) is 1.70. The van der Waals surface area contributed by atoms with Crippen LogP contribution in [0.15, 0.2) is 0 Å². The fraction of sp³-hybridized carbons (Fsp3) is 0.600. The van der Waals surface area contributed by atoms with E-state index in [4.69, 9.17) is 12.2 Å². The third kappa shape index (κ3) is 1.26. The largest absolute Gasteiger partial charge is 0.460 e. The number of cyclic esters (lactones) is 1. The van der Waals surface area contributed by atoms with Crippen LogP contribution in [-0.2, 0) is 9.53 Å². The lowest BCUT2D eigenvalue weighted by molar-refractivity contribution is -0.142. The quantitative estimate of drug-likeness (QED) is 0.356. The molecule has 0 spiro atoms. The molecular weight excluding hydrogens is 124 g/mol. The number of ether oxygens (including phenoxy) is 1. The van der Waals surface area contributed by atoms with Gasteiger partial charge < -0.3 is 4.74 Å². The molecule has 0 radical (unpaired) electrons. The summed E-state index contributed by atoms with van der Waals surface area (Å²) < 4.78 is 4.61. The molecule has 1 fully saturated rings. The molecule has 8 heavy (non-hydrogen) atoms. The molecular formula is C5H6O2S. The van der Waals surface area contributed by atoms with Crippen molar-refractivity contribution in [2.24, 2.45) is 0 Å². The van der Waals surface area contributed by atoms with Crippen LogP contribution in [0, 0.1) is 0 Å². The van der Waals surface area contributed by atoms with E-state index in [9.17, 15) is 4.79 Å². The van der Waals surface area contributed by atoms with Gasteiger partial charge in [0.25, 0.3) is 0 Å². The maximum absolute atomic E-state index is 10.3. The van der Waals surface area contributed by atoms with Crippen molar-refractivity contribution in [2.45, 2.75) is 12.8 Å². The summed E-state index contributed by atoms with van der Waals surface area (Å²) in [4.78, 5) is 11.2. The Morgan fingerprint density at radius 3 is 2.62 bits per heavy atom. The summed E-state index contributed by atoms with van der Waals surface area (Å²) in [5, 5.41) is 0. The molecule has 0 bridgehead atoms. The van der Waals surface area contributed by atoms with Crippen LogP contribution in [0.3, 0.4) is 0 Å². The van der Waals surface area contributed by atoms with E-state index in [1.54, 1.807) is 0 Å². The summed E-state index contributed by atoms with van der Waals surface area (Å²) in [6.45, 7) is 0.355. The van der Waals surface area contributed by atoms with Gasteiger partial charge in [-0.05, 0) is 6.42 Å². The minimum Gasteiger partial charge on any atom is -0.460 e. The van der Waals surface area contributed by atoms with Crippen LogP contribution in [0.5, 0.6) is 0 Å². The lowest BCUT2D eigenvalue weighted by Crippen LogP contribution is -2.19. The average Bonchev–Trinajstić information content (AvgIpc) is 1.77. The highest BCUT2D eigenvalue weighted by Crippen LogP contribution is 2.03. The van der Waals surface area contributed by atoms with Crippen molar-refractivity contribution >= 4 is 23.1 Å². The fourth-order valence-corrected chi connectivity index (χ4v) is 0.708. The van der Waals surface area contributed by atoms with E-state index in [1.165, 1.54) is 0 Å². The SMILES string of the molecule is O=C1CCC(=S)CO1. The van der Waals surface area contributed by atoms with Gasteiger partial charge in [-0.1, -0.05) is 12.2 Å². The van der Waals surface area contributed by atoms with Gasteiger partial charge in [0.05, 0.1) is 6.42 Å². The number of hydrogen-bond donors (Lipinski definition) is 0. The zero-order valence-corrected chi connectivity index (χ0v) is 5.16. The van der Waals surface area contributed by atoms with Crippen molar-refractivity contribution in [3.05, 3.63) is 0 Å². The van der Waals surface area contributed by atoms with Crippen LogP contribution in [0.2, 0.25) is 0 Å². The van der Waals surface area contributed by atoms with E-state index in [0.29, 0.717) is 13.0 Å². The zero-order valence-electron chi connectivity index (χ0n) is 4.35. The van der Waals surface area contributed by atoms with Crippen molar-refractivity contribution in [3.63, 3.8) is 0 Å². The molecule has 0 atom stereocenters. The van der Waals surface area contributed by atoms with Gasteiger partial charge in [0.15, 0.2) is 0 Å². The first-order valence-corrected chi connectivity index (χ1v) is 2.87. The van der Waals surface area contributed by atoms with Crippen LogP contribution in [0.25, 0.3) is 0 Å². The van der Waals surface area contributed by atoms with E-state index in [1.807, 2.05) is 0 Å². The minimum atomic E-state index is -0.126. The molecule has 1 aliphatic rings. The van der Waals surface area contributed by atoms with Gasteiger partial charge in [0.1, 0.15) is 6.61 Å². The lowest BCUT2D eigenvalue weighted by Gasteiger charge is -2.10. The summed E-state index contributed by atoms with van der Waals surface area (Å²) in [6.07, 6.45) is 1.20. The molecule has 1 rings (SSSR count). The Morgan fingerprint density at radius 1 is 1.50 bits per heavy atom. The van der Waals surface area contributed by atoms with Crippen LogP contribution in [0.4, 0.5) is 0 Å². The van der Waals surface area contributed by atoms with Gasteiger partial charge in [-0.15, -0.1) is 0 Å². The van der Waals surface area contributed by atoms with Crippen LogP contribution < -0.4 is 0 Å². The molecule has 0 amide bonds. The number of esters is 1. The predicted molar refractivity (Wildman–Crippen MR) is 32.8 cm³/mol. The average molecular weight is 130 g/mol. The molecule has 1 aliphatic heterocycles. The number of carbonyl (C=O) groups is 1. The number of carbonyl (C=O) groups excluding carboxylic acids is 1. The second-order valence-corrected chi connectivity index (χ2v) is 2.28. The zero-order chi connectivity index (χ0) is 5.98. The molecule has 3 heteroatoms. The Kier molecular flexibility index (Phi) is 1.58. The van der Waals surface area contributed by atoms with Crippen molar-refractivity contribution in [3.8, 4) is 0 Å². The highest BCUT2D eigenvalue weighted by Gasteiger charge is 2.11. The standard InChI is InChI=1S/C5H6O2S/c6-5-2-1-4(8)3-7-5/h1-3H2. The molecule has 0 aromatic rings. The number of rotatable bonds is 0. The molecule has 2 nitrogen and oxygen atoms in total. The van der Waals surface area contributed by atoms with E-state index in [2.05, 4.69) is 4.74 Å². The molecule has 0 unspecified atom stereocenters. The van der Waals surface area contributed by atoms with Gasteiger partial charge in [-0.2, -0.15) is 0 Å². The van der Waals surface area contributed by atoms with Gasteiger partial charge in [-0.25, -0.2) is 0 Å². The molecule has 1 saturated heterocycles. The molecule has 0 aromatic carbocycles. The third-order valence-electron chi connectivity index (χ3n) is 1.00. The highest BCUT2D eigenvalue weighted by molar-refractivity contribution is 7.80. The van der Waals surface area contributed by atoms with Gasteiger partial charge >= 0.3 is 5.97 Å². The summed E-state index contributed by atoms with van der Waals surface area (Å²) >= 11 is 4.78. The Hall–Kier alpha value is -0.440. The topological polar surface area (TPSA) is 26.3 Å². The Bertz CT molecular complexity index is 102. The maximum atomic E-state index is 10.3. The van der Waals surface area contributed by atoms with Crippen molar-refractivity contribution in [1.82, 2.24) is 0 Å². The van der Waals surface area contributed by atoms with Gasteiger partial charge in [-0.3, -0.25) is 4.79 Å². The van der Waals surface area contributed by atoms with Crippen LogP contribution in [-0.4, -0.2) is 17.4 Å². The van der Waals surface area contributed by atoms with Crippen LogP contribution in [0.1, 0.15) is 12.8 Å². The van der Waals surface area contributed by atoms with E-state index in [0.717, 1.165) is 11.3 Å². The van der Waals surface area contributed by atoms with Crippen molar-refractivity contribution in [1.29, 1.82) is 0 Å². The molecule has 44 valence electrons. The lowest BCUT2D eigenvalue weighted by atomic mass is 10.2. The fourth-order valence-electron chi connectivity index (χ4n) is 0.547. The normalized spacial score (nSPS) is 20.5. The first-order valence-electron chi connectivity index (χ1n) is 2.46. The predicted octanol–water partition coefficient (Wildman–Crippen LogP) is 0.693. The van der Waals surface area contributed by atoms with Crippen molar-refractivity contribution < 1.29 is 9.53 Å². The van der Waals surface area contributed by atoms with Gasteiger partial charge in [0.2, 0.25) is 0 Å². The first-order chi connectivity index (χ1) is 3.79. The molecule has 0 saturated carbocycles. The Morgan fingerprint density at radius 2 is 2.25 bits per heavy atom. The third-order valence-corrected chi connectivity index (χ3v) is 1.32. The van der Waals surface area contributed by atoms with Crippen LogP contribution >= 0.6 is 12.2 Å². The highest BCUT2D eigenvalue weighted by atomic mass is 32.1. The summed E-state index contributed by atoms with van der Waals surface area (Å²) in [7, 11) is 0. The molecule has 1 heterocycles. The Balaban J connectivity index is 2.40. The maximum Gasteiger partial charge on any atom is 0.306 e. The number of thiocarbonyl (C=S) groups is 1. The number of hydrogen-bond acceptors (Lipinski definition) is 3. The van der Waals surface area contributed by atoms with E-state index < -0.39 is 0 Å². The van der Waals surface area contributed by atoms with E-state index >= 15 is 0 Å². The minimum absolute atomic E-state index is 0.126. The molecule has 0 aliphatic carbocycles. The van der Waals surface area contributed by atoms with E-state index in [-0.39, 0.29) is 5.97 Å². The first kappa shape index (κ1) is 5.69. The summed E-state index contributed by atoms with van der Waals surface area (Å²) in [6, 6.07) is 0. The summed E-state index contributed by atoms with van der Waals surface area (Å²) in [5.41, 5.74) is 0. The summed E-state index contributed by atoms with van der Waals surface area (Å²) in [5.74, 6) is -0.126. The molecule has 0 aromatic heterocycles. The molecule has 0 N–H and O–H groups in total. The van der Waals surface area contributed by atoms with Gasteiger partial charge in [0, 0.05) is 4.86 Å². The smallest absolute Gasteiger partial charge is 0.306 e. The Labute approximate surface area is 52.8 Å².